The van der Waals surface area contributed by atoms with Gasteiger partial charge < -0.3 is 0 Å². The number of carbonyl (C=O) groups is 1. The van der Waals surface area contributed by atoms with Crippen LogP contribution in [0.2, 0.25) is 0 Å². The van der Waals surface area contributed by atoms with Crippen molar-refractivity contribution >= 4 is 32.6 Å². The molecule has 4 aromatic rings. The van der Waals surface area contributed by atoms with Crippen LogP contribution in [0.5, 0.6) is 0 Å². The molecule has 4 heteroatoms. The third kappa shape index (κ3) is 3.76. The van der Waals surface area contributed by atoms with Gasteiger partial charge in [-0.05, 0) is 43.7 Å². The minimum atomic E-state index is -0.0234. The first-order valence-electron chi connectivity index (χ1n) is 8.90. The zero-order chi connectivity index (χ0) is 18.8. The number of hydrogen-bond acceptors (Lipinski definition) is 3. The summed E-state index contributed by atoms with van der Waals surface area (Å²) in [4.78, 5) is 19.9. The second-order valence-electron chi connectivity index (χ2n) is 6.72. The average Bonchev–Trinajstić information content (AvgIpc) is 3.09. The zero-order valence-electron chi connectivity index (χ0n) is 15.3. The van der Waals surface area contributed by atoms with E-state index < -0.39 is 0 Å². The minimum Gasteiger partial charge on any atom is -0.279 e. The van der Waals surface area contributed by atoms with Crippen LogP contribution in [0.25, 0.3) is 10.2 Å². The van der Waals surface area contributed by atoms with Gasteiger partial charge in [0.15, 0.2) is 5.13 Å². The minimum absolute atomic E-state index is 0.0234. The average molecular weight is 372 g/mol. The lowest BCUT2D eigenvalue weighted by Crippen LogP contribution is -2.30. The Labute approximate surface area is 162 Å². The van der Waals surface area contributed by atoms with Gasteiger partial charge in [-0.15, -0.1) is 0 Å². The summed E-state index contributed by atoms with van der Waals surface area (Å²) in [6.45, 7) is 4.53. The fourth-order valence-corrected chi connectivity index (χ4v) is 4.18. The molecule has 27 heavy (non-hydrogen) atoms. The molecule has 3 aromatic carbocycles. The van der Waals surface area contributed by atoms with Crippen molar-refractivity contribution < 1.29 is 4.79 Å². The summed E-state index contributed by atoms with van der Waals surface area (Å²) < 4.78 is 1.08. The fourth-order valence-electron chi connectivity index (χ4n) is 3.22. The van der Waals surface area contributed by atoms with Crippen LogP contribution in [0.1, 0.15) is 27.0 Å². The van der Waals surface area contributed by atoms with Gasteiger partial charge >= 0.3 is 0 Å². The summed E-state index contributed by atoms with van der Waals surface area (Å²) in [6, 6.07) is 24.0. The Kier molecular flexibility index (Phi) is 4.73. The number of fused-ring (bicyclic) bond motifs is 1. The van der Waals surface area contributed by atoms with Crippen molar-refractivity contribution in [2.45, 2.75) is 20.4 Å². The van der Waals surface area contributed by atoms with Crippen LogP contribution in [0.15, 0.2) is 72.8 Å². The predicted molar refractivity (Wildman–Crippen MR) is 112 cm³/mol. The molecule has 0 aliphatic carbocycles. The number of amides is 1. The van der Waals surface area contributed by atoms with Crippen LogP contribution in [0.3, 0.4) is 0 Å². The van der Waals surface area contributed by atoms with E-state index in [1.54, 1.807) is 16.2 Å². The molecule has 1 amide bonds. The van der Waals surface area contributed by atoms with Crippen LogP contribution in [0, 0.1) is 13.8 Å². The summed E-state index contributed by atoms with van der Waals surface area (Å²) >= 11 is 1.55. The third-order valence-electron chi connectivity index (χ3n) is 4.41. The molecule has 0 aliphatic rings. The molecule has 0 unspecified atom stereocenters. The van der Waals surface area contributed by atoms with Crippen LogP contribution in [-0.2, 0) is 6.54 Å². The van der Waals surface area contributed by atoms with Crippen molar-refractivity contribution in [1.29, 1.82) is 0 Å². The van der Waals surface area contributed by atoms with Crippen LogP contribution in [-0.4, -0.2) is 10.9 Å². The lowest BCUT2D eigenvalue weighted by atomic mass is 10.1. The molecule has 0 atom stereocenters. The number of rotatable bonds is 4. The maximum atomic E-state index is 13.4. The first-order valence-corrected chi connectivity index (χ1v) is 9.71. The Bertz CT molecular complexity index is 1050. The van der Waals surface area contributed by atoms with Crippen molar-refractivity contribution in [3.8, 4) is 0 Å². The maximum absolute atomic E-state index is 13.4. The van der Waals surface area contributed by atoms with Gasteiger partial charge in [-0.3, -0.25) is 9.69 Å². The molecule has 134 valence electrons. The Morgan fingerprint density at radius 1 is 0.926 bits per heavy atom. The molecule has 0 bridgehead atoms. The summed E-state index contributed by atoms with van der Waals surface area (Å²) in [5.74, 6) is -0.0234. The molecule has 1 aromatic heterocycles. The molecule has 3 nitrogen and oxygen atoms in total. The van der Waals surface area contributed by atoms with Crippen molar-refractivity contribution in [2.24, 2.45) is 0 Å². The van der Waals surface area contributed by atoms with Crippen LogP contribution < -0.4 is 4.90 Å². The van der Waals surface area contributed by atoms with E-state index in [4.69, 9.17) is 4.98 Å². The second-order valence-corrected chi connectivity index (χ2v) is 7.73. The third-order valence-corrected chi connectivity index (χ3v) is 5.47. The van der Waals surface area contributed by atoms with Gasteiger partial charge in [-0.25, -0.2) is 4.98 Å². The molecule has 0 saturated carbocycles. The number of nitrogens with zero attached hydrogens (tertiary/aromatic N) is 2. The number of benzene rings is 3. The van der Waals surface area contributed by atoms with Gasteiger partial charge in [0.05, 0.1) is 16.8 Å². The SMILES string of the molecule is Cc1cc(C)cc(C(=O)N(Cc2ccccc2)c2nc3ccccc3s2)c1. The lowest BCUT2D eigenvalue weighted by molar-refractivity contribution is 0.0985. The summed E-state index contributed by atoms with van der Waals surface area (Å²) in [5, 5.41) is 0.726. The van der Waals surface area contributed by atoms with E-state index >= 15 is 0 Å². The fraction of sp³-hybridized carbons (Fsp3) is 0.130. The number of thiazole rings is 1. The van der Waals surface area contributed by atoms with Gasteiger partial charge in [-0.1, -0.05) is 71.0 Å². The van der Waals surface area contributed by atoms with Crippen molar-refractivity contribution in [3.63, 3.8) is 0 Å². The Morgan fingerprint density at radius 2 is 1.59 bits per heavy atom. The number of carbonyl (C=O) groups excluding carboxylic acids is 1. The van der Waals surface area contributed by atoms with Crippen molar-refractivity contribution in [3.05, 3.63) is 95.1 Å². The highest BCUT2D eigenvalue weighted by atomic mass is 32.1. The van der Waals surface area contributed by atoms with Gasteiger partial charge in [0.25, 0.3) is 5.91 Å². The highest BCUT2D eigenvalue weighted by Crippen LogP contribution is 2.31. The van der Waals surface area contributed by atoms with Crippen LogP contribution >= 0.6 is 11.3 Å². The summed E-state index contributed by atoms with van der Waals surface area (Å²) in [5.41, 5.74) is 4.87. The number of aromatic nitrogens is 1. The van der Waals surface area contributed by atoms with Gasteiger partial charge in [0.2, 0.25) is 0 Å². The molecule has 0 fully saturated rings. The first kappa shape index (κ1) is 17.4. The zero-order valence-corrected chi connectivity index (χ0v) is 16.2. The Balaban J connectivity index is 1.78. The normalized spacial score (nSPS) is 10.9. The van der Waals surface area contributed by atoms with E-state index in [0.29, 0.717) is 12.1 Å². The molecule has 0 N–H and O–H groups in total. The molecule has 0 saturated heterocycles. The van der Waals surface area contributed by atoms with Crippen LogP contribution in [0.4, 0.5) is 5.13 Å². The van der Waals surface area contributed by atoms with Gasteiger partial charge in [0, 0.05) is 5.56 Å². The largest absolute Gasteiger partial charge is 0.279 e. The Hall–Kier alpha value is -2.98. The van der Waals surface area contributed by atoms with E-state index in [1.807, 2.05) is 80.6 Å². The maximum Gasteiger partial charge on any atom is 0.260 e. The second kappa shape index (κ2) is 7.33. The highest BCUT2D eigenvalue weighted by molar-refractivity contribution is 7.22. The molecular weight excluding hydrogens is 352 g/mol. The number of anilines is 1. The molecular formula is C23H20N2OS. The standard InChI is InChI=1S/C23H20N2OS/c1-16-12-17(2)14-19(13-16)22(26)25(15-18-8-4-3-5-9-18)23-24-20-10-6-7-11-21(20)27-23/h3-14H,15H2,1-2H3. The predicted octanol–water partition coefficient (Wildman–Crippen LogP) is 5.76. The van der Waals surface area contributed by atoms with E-state index in [-0.39, 0.29) is 5.91 Å². The Morgan fingerprint density at radius 3 is 2.30 bits per heavy atom. The monoisotopic (exact) mass is 372 g/mol. The van der Waals surface area contributed by atoms with E-state index in [2.05, 4.69) is 6.07 Å². The first-order chi connectivity index (χ1) is 13.1. The lowest BCUT2D eigenvalue weighted by Gasteiger charge is -2.20. The number of aryl methyl sites for hydroxylation is 2. The quantitative estimate of drug-likeness (QED) is 0.456. The van der Waals surface area contributed by atoms with Gasteiger partial charge in [-0.2, -0.15) is 0 Å². The molecule has 4 rings (SSSR count). The van der Waals surface area contributed by atoms with Crippen molar-refractivity contribution in [1.82, 2.24) is 4.98 Å². The van der Waals surface area contributed by atoms with E-state index in [1.165, 1.54) is 0 Å². The molecule has 1 heterocycles. The van der Waals surface area contributed by atoms with E-state index in [0.717, 1.165) is 32.0 Å². The highest BCUT2D eigenvalue weighted by Gasteiger charge is 2.22. The number of hydrogen-bond donors (Lipinski definition) is 0. The molecule has 0 radical (unpaired) electrons. The smallest absolute Gasteiger partial charge is 0.260 e. The van der Waals surface area contributed by atoms with Gasteiger partial charge in [0.1, 0.15) is 0 Å². The van der Waals surface area contributed by atoms with Crippen molar-refractivity contribution in [2.75, 3.05) is 4.90 Å². The topological polar surface area (TPSA) is 33.2 Å². The molecule has 0 aliphatic heterocycles. The molecule has 0 spiro atoms. The summed E-state index contributed by atoms with van der Waals surface area (Å²) in [6.07, 6.45) is 0. The van der Waals surface area contributed by atoms with E-state index in [9.17, 15) is 4.79 Å². The number of para-hydroxylation sites is 1. The summed E-state index contributed by atoms with van der Waals surface area (Å²) in [7, 11) is 0.